The van der Waals surface area contributed by atoms with Gasteiger partial charge in [-0.1, -0.05) is 48.5 Å². The second-order valence-corrected chi connectivity index (χ2v) is 8.18. The number of amides is 1. The van der Waals surface area contributed by atoms with Crippen LogP contribution in [0.1, 0.15) is 11.1 Å². The average Bonchev–Trinajstić information content (AvgIpc) is 3.16. The quantitative estimate of drug-likeness (QED) is 0.486. The van der Waals surface area contributed by atoms with Crippen molar-refractivity contribution in [3.05, 3.63) is 116 Å². The van der Waals surface area contributed by atoms with E-state index in [9.17, 15) is 14.9 Å². The molecule has 4 rings (SSSR count). The molecule has 2 aromatic heterocycles. The first-order valence-corrected chi connectivity index (χ1v) is 11.1. The van der Waals surface area contributed by atoms with Gasteiger partial charge in [-0.05, 0) is 47.9 Å². The minimum Gasteiger partial charge on any atom is -0.351 e. The van der Waals surface area contributed by atoms with Crippen LogP contribution in [-0.2, 0) is 11.2 Å². The first-order valence-electron chi connectivity index (χ1n) is 10.3. The van der Waals surface area contributed by atoms with Crippen molar-refractivity contribution in [2.24, 2.45) is 0 Å². The van der Waals surface area contributed by atoms with Crippen LogP contribution < -0.4 is 20.1 Å². The number of pyridine rings is 1. The van der Waals surface area contributed by atoms with Crippen LogP contribution in [0.2, 0.25) is 0 Å². The summed E-state index contributed by atoms with van der Waals surface area (Å²) in [5.74, 6) is -0.505. The highest BCUT2D eigenvalue weighted by Gasteiger charge is 2.16. The monoisotopic (exact) mass is 452 g/mol. The molecule has 0 saturated carbocycles. The molecule has 0 aliphatic rings. The van der Waals surface area contributed by atoms with E-state index >= 15 is 0 Å². The van der Waals surface area contributed by atoms with Gasteiger partial charge in [0.1, 0.15) is 10.7 Å². The Balaban J connectivity index is 1.79. The molecule has 0 fully saturated rings. The lowest BCUT2D eigenvalue weighted by Gasteiger charge is -2.06. The van der Waals surface area contributed by atoms with E-state index in [0.717, 1.165) is 22.5 Å². The van der Waals surface area contributed by atoms with Crippen LogP contribution in [0, 0.1) is 11.3 Å². The van der Waals surface area contributed by atoms with Gasteiger partial charge in [-0.15, -0.1) is 11.3 Å². The third kappa shape index (κ3) is 5.14. The second kappa shape index (κ2) is 10.4. The molecule has 0 aliphatic carbocycles. The number of aromatic nitrogens is 2. The molecular formula is C26H20N4O2S. The highest BCUT2D eigenvalue weighted by atomic mass is 32.1. The lowest BCUT2D eigenvalue weighted by molar-refractivity contribution is -0.115. The van der Waals surface area contributed by atoms with Crippen molar-refractivity contribution in [3.8, 4) is 11.8 Å². The molecule has 0 unspecified atom stereocenters. The summed E-state index contributed by atoms with van der Waals surface area (Å²) in [4.78, 5) is 30.2. The van der Waals surface area contributed by atoms with Gasteiger partial charge in [-0.25, -0.2) is 0 Å². The van der Waals surface area contributed by atoms with Crippen molar-refractivity contribution < 1.29 is 4.79 Å². The number of hydrogen-bond acceptors (Lipinski definition) is 5. The van der Waals surface area contributed by atoms with Gasteiger partial charge < -0.3 is 5.32 Å². The molecule has 0 aliphatic heterocycles. The SMILES string of the molecule is N#C/C(C(=O)NCCc1ccccc1)=c1/s/c(=C/c2ccncc2)c(=O)n1-c1ccccc1. The molecular weight excluding hydrogens is 432 g/mol. The number of nitrogens with zero attached hydrogens (tertiary/aromatic N) is 3. The van der Waals surface area contributed by atoms with Crippen LogP contribution in [0.3, 0.4) is 0 Å². The Morgan fingerprint density at radius 3 is 2.36 bits per heavy atom. The first kappa shape index (κ1) is 21.9. The summed E-state index contributed by atoms with van der Waals surface area (Å²) in [6, 6.07) is 24.4. The molecule has 0 radical (unpaired) electrons. The largest absolute Gasteiger partial charge is 0.351 e. The fourth-order valence-corrected chi connectivity index (χ4v) is 4.42. The molecule has 162 valence electrons. The highest BCUT2D eigenvalue weighted by Crippen LogP contribution is 2.04. The molecule has 1 amide bonds. The van der Waals surface area contributed by atoms with Gasteiger partial charge >= 0.3 is 0 Å². The number of para-hydroxylation sites is 1. The Labute approximate surface area is 194 Å². The van der Waals surface area contributed by atoms with Crippen LogP contribution in [0.15, 0.2) is 90.0 Å². The van der Waals surface area contributed by atoms with E-state index < -0.39 is 5.91 Å². The summed E-state index contributed by atoms with van der Waals surface area (Å²) in [6.45, 7) is 0.380. The summed E-state index contributed by atoms with van der Waals surface area (Å²) in [6.07, 6.45) is 5.66. The van der Waals surface area contributed by atoms with Crippen LogP contribution in [0.25, 0.3) is 17.3 Å². The number of thiazole rings is 1. The molecule has 2 heterocycles. The highest BCUT2D eigenvalue weighted by molar-refractivity contribution is 7.07. The zero-order chi connectivity index (χ0) is 23.0. The number of benzene rings is 2. The molecule has 0 bridgehead atoms. The van der Waals surface area contributed by atoms with Crippen molar-refractivity contribution in [3.63, 3.8) is 0 Å². The summed E-state index contributed by atoms with van der Waals surface area (Å²) >= 11 is 1.12. The van der Waals surface area contributed by atoms with Gasteiger partial charge in [0.05, 0.1) is 10.2 Å². The fourth-order valence-electron chi connectivity index (χ4n) is 3.32. The molecule has 4 aromatic rings. The number of carbonyl (C=O) groups is 1. The normalized spacial score (nSPS) is 12.2. The predicted molar refractivity (Wildman–Crippen MR) is 129 cm³/mol. The number of rotatable bonds is 6. The molecule has 0 atom stereocenters. The molecule has 0 spiro atoms. The number of hydrogen-bond donors (Lipinski definition) is 1. The Morgan fingerprint density at radius 2 is 1.70 bits per heavy atom. The lowest BCUT2D eigenvalue weighted by atomic mass is 10.1. The van der Waals surface area contributed by atoms with E-state index in [1.54, 1.807) is 54.9 Å². The predicted octanol–water partition coefficient (Wildman–Crippen LogP) is 2.16. The first-order chi connectivity index (χ1) is 16.2. The standard InChI is InChI=1S/C26H20N4O2S/c27-18-22(24(31)29-16-13-19-7-3-1-4-8-19)26-30(21-9-5-2-6-10-21)25(32)23(33-26)17-20-11-14-28-15-12-20/h1-12,14-15,17H,13,16H2,(H,29,31)/b23-17+,26-22-. The smallest absolute Gasteiger partial charge is 0.273 e. The molecule has 6 nitrogen and oxygen atoms in total. The number of nitriles is 1. The summed E-state index contributed by atoms with van der Waals surface area (Å²) < 4.78 is 2.14. The number of carbonyl (C=O) groups excluding carboxylic acids is 1. The Bertz CT molecular complexity index is 1470. The Kier molecular flexibility index (Phi) is 6.88. The van der Waals surface area contributed by atoms with Crippen molar-refractivity contribution in [1.29, 1.82) is 5.26 Å². The van der Waals surface area contributed by atoms with Crippen molar-refractivity contribution in [1.82, 2.24) is 14.9 Å². The molecule has 7 heteroatoms. The van der Waals surface area contributed by atoms with Gasteiger partial charge in [-0.2, -0.15) is 5.26 Å². The van der Waals surface area contributed by atoms with Crippen molar-refractivity contribution >= 4 is 28.9 Å². The minimum atomic E-state index is -0.505. The summed E-state index contributed by atoms with van der Waals surface area (Å²) in [5.41, 5.74) is 2.10. The average molecular weight is 453 g/mol. The zero-order valence-corrected chi connectivity index (χ0v) is 18.5. The third-order valence-corrected chi connectivity index (χ3v) is 6.03. The lowest BCUT2D eigenvalue weighted by Crippen LogP contribution is -2.34. The Hall–Kier alpha value is -4.28. The van der Waals surface area contributed by atoms with Crippen molar-refractivity contribution in [2.75, 3.05) is 6.54 Å². The van der Waals surface area contributed by atoms with E-state index in [1.165, 1.54) is 4.57 Å². The van der Waals surface area contributed by atoms with Gasteiger partial charge in [0, 0.05) is 18.9 Å². The van der Waals surface area contributed by atoms with E-state index in [0.29, 0.717) is 27.8 Å². The van der Waals surface area contributed by atoms with Gasteiger partial charge in [0.15, 0.2) is 5.57 Å². The van der Waals surface area contributed by atoms with Crippen LogP contribution in [0.5, 0.6) is 0 Å². The maximum Gasteiger partial charge on any atom is 0.273 e. The summed E-state index contributed by atoms with van der Waals surface area (Å²) in [7, 11) is 0. The van der Waals surface area contributed by atoms with Gasteiger partial charge in [0.25, 0.3) is 11.5 Å². The zero-order valence-electron chi connectivity index (χ0n) is 17.6. The van der Waals surface area contributed by atoms with Crippen LogP contribution in [0.4, 0.5) is 0 Å². The fraction of sp³-hybridized carbons (Fsp3) is 0.0769. The second-order valence-electron chi connectivity index (χ2n) is 7.15. The van der Waals surface area contributed by atoms with E-state index in [1.807, 2.05) is 42.5 Å². The van der Waals surface area contributed by atoms with Gasteiger partial charge in [0.2, 0.25) is 0 Å². The van der Waals surface area contributed by atoms with Crippen LogP contribution >= 0.6 is 11.3 Å². The third-order valence-electron chi connectivity index (χ3n) is 4.94. The van der Waals surface area contributed by atoms with Crippen molar-refractivity contribution in [2.45, 2.75) is 6.42 Å². The van der Waals surface area contributed by atoms with E-state index in [4.69, 9.17) is 0 Å². The number of nitrogens with one attached hydrogen (secondary N) is 1. The maximum atomic E-state index is 13.3. The molecule has 2 aromatic carbocycles. The molecule has 0 saturated heterocycles. The Morgan fingerprint density at radius 1 is 1.03 bits per heavy atom. The molecule has 1 N–H and O–H groups in total. The van der Waals surface area contributed by atoms with E-state index in [2.05, 4.69) is 10.3 Å². The maximum absolute atomic E-state index is 13.3. The molecule has 33 heavy (non-hydrogen) atoms. The van der Waals surface area contributed by atoms with E-state index in [-0.39, 0.29) is 11.1 Å². The topological polar surface area (TPSA) is 87.8 Å². The van der Waals surface area contributed by atoms with Gasteiger partial charge in [-0.3, -0.25) is 19.1 Å². The van der Waals surface area contributed by atoms with Crippen LogP contribution in [-0.4, -0.2) is 22.0 Å². The minimum absolute atomic E-state index is 0.0941. The summed E-state index contributed by atoms with van der Waals surface area (Å²) in [5, 5.41) is 12.7.